The summed E-state index contributed by atoms with van der Waals surface area (Å²) in [6, 6.07) is 12.0. The van der Waals surface area contributed by atoms with Gasteiger partial charge < -0.3 is 10.5 Å². The maximum Gasteiger partial charge on any atom is 0.250 e. The summed E-state index contributed by atoms with van der Waals surface area (Å²) in [5.41, 5.74) is 8.65. The van der Waals surface area contributed by atoms with Crippen LogP contribution in [0.1, 0.15) is 28.9 Å². The summed E-state index contributed by atoms with van der Waals surface area (Å²) < 4.78 is 5.40. The quantitative estimate of drug-likeness (QED) is 0.940. The van der Waals surface area contributed by atoms with E-state index in [1.807, 2.05) is 12.1 Å². The standard InChI is InChI=1S/C18H21N3O2/c1-13(21-9-11-23-12-10-21)14-4-6-15(7-5-14)17-16(18(19)22)3-2-8-20-17/h2-8,13H,9-12H2,1H3,(H2,19,22). The maximum atomic E-state index is 11.5. The number of primary amides is 1. The summed E-state index contributed by atoms with van der Waals surface area (Å²) in [7, 11) is 0. The summed E-state index contributed by atoms with van der Waals surface area (Å²) in [6.07, 6.45) is 1.67. The third-order valence-electron chi connectivity index (χ3n) is 4.33. The molecule has 1 aliphatic heterocycles. The van der Waals surface area contributed by atoms with Gasteiger partial charge in [0.15, 0.2) is 0 Å². The first-order valence-electron chi connectivity index (χ1n) is 7.84. The third-order valence-corrected chi connectivity index (χ3v) is 4.33. The molecular weight excluding hydrogens is 290 g/mol. The fourth-order valence-electron chi connectivity index (χ4n) is 2.93. The normalized spacial score (nSPS) is 16.9. The van der Waals surface area contributed by atoms with Crippen molar-refractivity contribution in [2.45, 2.75) is 13.0 Å². The fourth-order valence-corrected chi connectivity index (χ4v) is 2.93. The zero-order valence-electron chi connectivity index (χ0n) is 13.2. The number of rotatable bonds is 4. The van der Waals surface area contributed by atoms with E-state index in [1.165, 1.54) is 5.56 Å². The van der Waals surface area contributed by atoms with Crippen LogP contribution in [0.4, 0.5) is 0 Å². The van der Waals surface area contributed by atoms with Crippen LogP contribution in [0.5, 0.6) is 0 Å². The number of nitrogens with zero attached hydrogens (tertiary/aromatic N) is 2. The molecule has 1 unspecified atom stereocenters. The predicted molar refractivity (Wildman–Crippen MR) is 89.0 cm³/mol. The van der Waals surface area contributed by atoms with Gasteiger partial charge in [0, 0.05) is 30.9 Å². The molecule has 120 valence electrons. The second-order valence-electron chi connectivity index (χ2n) is 5.71. The number of ether oxygens (including phenoxy) is 1. The number of aromatic nitrogens is 1. The van der Waals surface area contributed by atoms with Crippen LogP contribution >= 0.6 is 0 Å². The van der Waals surface area contributed by atoms with Gasteiger partial charge in [0.25, 0.3) is 5.91 Å². The van der Waals surface area contributed by atoms with E-state index < -0.39 is 5.91 Å². The highest BCUT2D eigenvalue weighted by atomic mass is 16.5. The number of nitrogens with two attached hydrogens (primary N) is 1. The second kappa shape index (κ2) is 6.89. The Morgan fingerprint density at radius 1 is 1.22 bits per heavy atom. The van der Waals surface area contributed by atoms with E-state index in [-0.39, 0.29) is 0 Å². The van der Waals surface area contributed by atoms with E-state index in [2.05, 4.69) is 28.9 Å². The molecule has 1 aliphatic rings. The molecule has 0 radical (unpaired) electrons. The first-order chi connectivity index (χ1) is 11.2. The molecule has 0 spiro atoms. The number of carbonyl (C=O) groups is 1. The summed E-state index contributed by atoms with van der Waals surface area (Å²) >= 11 is 0. The van der Waals surface area contributed by atoms with Crippen LogP contribution in [0.15, 0.2) is 42.6 Å². The Kier molecular flexibility index (Phi) is 4.69. The molecule has 0 aliphatic carbocycles. The highest BCUT2D eigenvalue weighted by Gasteiger charge is 2.18. The summed E-state index contributed by atoms with van der Waals surface area (Å²) in [6.45, 7) is 5.69. The van der Waals surface area contributed by atoms with Crippen molar-refractivity contribution in [3.8, 4) is 11.3 Å². The van der Waals surface area contributed by atoms with E-state index in [4.69, 9.17) is 10.5 Å². The van der Waals surface area contributed by atoms with Gasteiger partial charge in [-0.05, 0) is 24.6 Å². The number of carbonyl (C=O) groups excluding carboxylic acids is 1. The van der Waals surface area contributed by atoms with Gasteiger partial charge in [-0.15, -0.1) is 0 Å². The molecule has 0 saturated carbocycles. The van der Waals surface area contributed by atoms with Crippen molar-refractivity contribution >= 4 is 5.91 Å². The van der Waals surface area contributed by atoms with Gasteiger partial charge in [-0.25, -0.2) is 0 Å². The van der Waals surface area contributed by atoms with Crippen molar-refractivity contribution < 1.29 is 9.53 Å². The molecule has 1 aromatic carbocycles. The van der Waals surface area contributed by atoms with Crippen molar-refractivity contribution in [1.29, 1.82) is 0 Å². The number of hydrogen-bond acceptors (Lipinski definition) is 4. The van der Waals surface area contributed by atoms with E-state index in [0.717, 1.165) is 31.9 Å². The van der Waals surface area contributed by atoms with E-state index >= 15 is 0 Å². The Morgan fingerprint density at radius 3 is 2.57 bits per heavy atom. The molecule has 1 aromatic heterocycles. The molecule has 0 bridgehead atoms. The largest absolute Gasteiger partial charge is 0.379 e. The first-order valence-corrected chi connectivity index (χ1v) is 7.84. The van der Waals surface area contributed by atoms with Gasteiger partial charge in [0.2, 0.25) is 0 Å². The lowest BCUT2D eigenvalue weighted by Crippen LogP contribution is -2.37. The Labute approximate surface area is 136 Å². The molecule has 1 atom stereocenters. The molecule has 2 heterocycles. The SMILES string of the molecule is CC(c1ccc(-c2ncccc2C(N)=O)cc1)N1CCOCC1. The van der Waals surface area contributed by atoms with Gasteiger partial charge >= 0.3 is 0 Å². The van der Waals surface area contributed by atoms with E-state index in [9.17, 15) is 4.79 Å². The summed E-state index contributed by atoms with van der Waals surface area (Å²) in [5.74, 6) is -0.459. The Bertz CT molecular complexity index is 679. The number of pyridine rings is 1. The highest BCUT2D eigenvalue weighted by Crippen LogP contribution is 2.26. The summed E-state index contributed by atoms with van der Waals surface area (Å²) in [5, 5.41) is 0. The number of benzene rings is 1. The Hall–Kier alpha value is -2.24. The van der Waals surface area contributed by atoms with Gasteiger partial charge in [-0.1, -0.05) is 24.3 Å². The minimum absolute atomic E-state index is 0.340. The van der Waals surface area contributed by atoms with Crippen molar-refractivity contribution in [3.63, 3.8) is 0 Å². The molecule has 2 aromatic rings. The third kappa shape index (κ3) is 3.41. The maximum absolute atomic E-state index is 11.5. The average molecular weight is 311 g/mol. The molecule has 23 heavy (non-hydrogen) atoms. The Morgan fingerprint density at radius 2 is 1.91 bits per heavy atom. The van der Waals surface area contributed by atoms with Gasteiger partial charge in [-0.3, -0.25) is 14.7 Å². The lowest BCUT2D eigenvalue weighted by Gasteiger charge is -2.32. The zero-order chi connectivity index (χ0) is 16.2. The van der Waals surface area contributed by atoms with Crippen LogP contribution in [-0.2, 0) is 4.74 Å². The Balaban J connectivity index is 1.83. The summed E-state index contributed by atoms with van der Waals surface area (Å²) in [4.78, 5) is 18.3. The molecule has 1 fully saturated rings. The van der Waals surface area contributed by atoms with Crippen molar-refractivity contribution in [3.05, 3.63) is 53.7 Å². The molecule has 5 nitrogen and oxygen atoms in total. The van der Waals surface area contributed by atoms with Crippen LogP contribution < -0.4 is 5.73 Å². The van der Waals surface area contributed by atoms with Crippen LogP contribution in [0.3, 0.4) is 0 Å². The number of morpholine rings is 1. The van der Waals surface area contributed by atoms with Gasteiger partial charge in [-0.2, -0.15) is 0 Å². The fraction of sp³-hybridized carbons (Fsp3) is 0.333. The molecular formula is C18H21N3O2. The smallest absolute Gasteiger partial charge is 0.250 e. The number of amides is 1. The average Bonchev–Trinajstić information content (AvgIpc) is 2.62. The lowest BCUT2D eigenvalue weighted by molar-refractivity contribution is 0.0198. The van der Waals surface area contributed by atoms with Crippen molar-refractivity contribution in [2.75, 3.05) is 26.3 Å². The van der Waals surface area contributed by atoms with Crippen molar-refractivity contribution in [1.82, 2.24) is 9.88 Å². The van der Waals surface area contributed by atoms with Crippen LogP contribution in [0, 0.1) is 0 Å². The van der Waals surface area contributed by atoms with Crippen molar-refractivity contribution in [2.24, 2.45) is 5.73 Å². The van der Waals surface area contributed by atoms with E-state index in [0.29, 0.717) is 17.3 Å². The highest BCUT2D eigenvalue weighted by molar-refractivity contribution is 5.98. The van der Waals surface area contributed by atoms with E-state index in [1.54, 1.807) is 18.3 Å². The zero-order valence-corrected chi connectivity index (χ0v) is 13.2. The molecule has 3 rings (SSSR count). The minimum atomic E-state index is -0.459. The number of hydrogen-bond donors (Lipinski definition) is 1. The predicted octanol–water partition coefficient (Wildman–Crippen LogP) is 2.24. The first kappa shape index (κ1) is 15.6. The molecule has 2 N–H and O–H groups in total. The molecule has 1 saturated heterocycles. The minimum Gasteiger partial charge on any atom is -0.379 e. The second-order valence-corrected chi connectivity index (χ2v) is 5.71. The van der Waals surface area contributed by atoms with Crippen LogP contribution in [0.25, 0.3) is 11.3 Å². The van der Waals surface area contributed by atoms with Crippen LogP contribution in [0.2, 0.25) is 0 Å². The monoisotopic (exact) mass is 311 g/mol. The van der Waals surface area contributed by atoms with Gasteiger partial charge in [0.1, 0.15) is 0 Å². The topological polar surface area (TPSA) is 68.5 Å². The molecule has 1 amide bonds. The lowest BCUT2D eigenvalue weighted by atomic mass is 10.0. The van der Waals surface area contributed by atoms with Crippen LogP contribution in [-0.4, -0.2) is 42.1 Å². The van der Waals surface area contributed by atoms with Gasteiger partial charge in [0.05, 0.1) is 24.5 Å². The molecule has 5 heteroatoms.